The molecule has 18 heavy (non-hydrogen) atoms. The van der Waals surface area contributed by atoms with Gasteiger partial charge < -0.3 is 10.6 Å². The van der Waals surface area contributed by atoms with Gasteiger partial charge in [0.2, 0.25) is 0 Å². The van der Waals surface area contributed by atoms with Crippen LogP contribution >= 0.6 is 11.3 Å². The smallest absolute Gasteiger partial charge is 0.113 e. The van der Waals surface area contributed by atoms with Crippen molar-refractivity contribution in [1.82, 2.24) is 15.6 Å². The van der Waals surface area contributed by atoms with E-state index in [2.05, 4.69) is 17.6 Å². The molecule has 0 unspecified atom stereocenters. The van der Waals surface area contributed by atoms with Crippen LogP contribution in [0.15, 0.2) is 0 Å². The number of thiazole rings is 1. The molecule has 3 nitrogen and oxygen atoms in total. The molecular weight excluding hydrogens is 242 g/mol. The molecule has 0 spiro atoms. The highest BCUT2D eigenvalue weighted by Crippen LogP contribution is 2.37. The van der Waals surface area contributed by atoms with E-state index in [1.165, 1.54) is 49.2 Å². The Balaban J connectivity index is 1.86. The lowest BCUT2D eigenvalue weighted by Crippen LogP contribution is -2.50. The number of nitrogens with one attached hydrogen (secondary N) is 2. The molecule has 1 aliphatic heterocycles. The Morgan fingerprint density at radius 3 is 2.89 bits per heavy atom. The summed E-state index contributed by atoms with van der Waals surface area (Å²) >= 11 is 1.98. The monoisotopic (exact) mass is 265 g/mol. The Morgan fingerprint density at radius 1 is 1.33 bits per heavy atom. The minimum absolute atomic E-state index is 0.163. The first-order chi connectivity index (χ1) is 8.84. The summed E-state index contributed by atoms with van der Waals surface area (Å²) in [6.07, 6.45) is 7.33. The van der Waals surface area contributed by atoms with E-state index in [4.69, 9.17) is 4.98 Å². The van der Waals surface area contributed by atoms with Crippen molar-refractivity contribution in [1.29, 1.82) is 0 Å². The van der Waals surface area contributed by atoms with Gasteiger partial charge in [0.1, 0.15) is 5.01 Å². The first-order valence-electron chi connectivity index (χ1n) is 7.29. The molecule has 0 radical (unpaired) electrons. The molecule has 2 heterocycles. The topological polar surface area (TPSA) is 37.0 Å². The van der Waals surface area contributed by atoms with Crippen molar-refractivity contribution >= 4 is 11.3 Å². The highest BCUT2D eigenvalue weighted by Gasteiger charge is 2.37. The van der Waals surface area contributed by atoms with E-state index in [0.29, 0.717) is 0 Å². The Morgan fingerprint density at radius 2 is 2.17 bits per heavy atom. The minimum atomic E-state index is 0.163. The van der Waals surface area contributed by atoms with Gasteiger partial charge in [-0.15, -0.1) is 11.3 Å². The molecule has 0 amide bonds. The maximum atomic E-state index is 4.97. The maximum absolute atomic E-state index is 4.97. The molecular formula is C14H23N3S. The number of hydrogen-bond donors (Lipinski definition) is 2. The molecule has 0 saturated carbocycles. The molecule has 1 fully saturated rings. The molecule has 4 heteroatoms. The Hall–Kier alpha value is -0.450. The summed E-state index contributed by atoms with van der Waals surface area (Å²) in [5.74, 6) is 0. The molecule has 1 aliphatic carbocycles. The Kier molecular flexibility index (Phi) is 3.68. The van der Waals surface area contributed by atoms with E-state index >= 15 is 0 Å². The molecule has 0 aromatic carbocycles. The lowest BCUT2D eigenvalue weighted by molar-refractivity contribution is 0.245. The summed E-state index contributed by atoms with van der Waals surface area (Å²) in [6, 6.07) is 0. The predicted octanol–water partition coefficient (Wildman–Crippen LogP) is 2.21. The molecule has 1 aromatic rings. The lowest BCUT2D eigenvalue weighted by atomic mass is 9.88. The zero-order valence-corrected chi connectivity index (χ0v) is 12.0. The van der Waals surface area contributed by atoms with E-state index in [1.54, 1.807) is 4.88 Å². The molecule has 1 aromatic heterocycles. The van der Waals surface area contributed by atoms with Crippen LogP contribution in [0.2, 0.25) is 0 Å². The number of aromatic nitrogens is 1. The average molecular weight is 265 g/mol. The van der Waals surface area contributed by atoms with E-state index in [-0.39, 0.29) is 5.54 Å². The van der Waals surface area contributed by atoms with Gasteiger partial charge >= 0.3 is 0 Å². The van der Waals surface area contributed by atoms with Gasteiger partial charge in [-0.25, -0.2) is 4.98 Å². The van der Waals surface area contributed by atoms with Crippen molar-refractivity contribution < 1.29 is 0 Å². The largest absolute Gasteiger partial charge is 0.317 e. The van der Waals surface area contributed by atoms with Crippen LogP contribution in [-0.4, -0.2) is 24.6 Å². The first-order valence-corrected chi connectivity index (χ1v) is 8.10. The Labute approximate surface area is 113 Å². The standard InChI is InChI=1S/C14H23N3S/c1-2-8-16-14(6-9-15-10-7-14)13-17-11-4-3-5-12(11)18-13/h15-16H,2-10H2,1H3. The zero-order chi connectivity index (χ0) is 12.4. The number of piperidine rings is 1. The van der Waals surface area contributed by atoms with Gasteiger partial charge in [-0.05, 0) is 58.2 Å². The fourth-order valence-electron chi connectivity index (χ4n) is 3.08. The van der Waals surface area contributed by atoms with Crippen molar-refractivity contribution in [3.8, 4) is 0 Å². The summed E-state index contributed by atoms with van der Waals surface area (Å²) in [4.78, 5) is 6.52. The van der Waals surface area contributed by atoms with Crippen LogP contribution in [0.3, 0.4) is 0 Å². The summed E-state index contributed by atoms with van der Waals surface area (Å²) in [6.45, 7) is 5.57. The van der Waals surface area contributed by atoms with Gasteiger partial charge in [-0.3, -0.25) is 0 Å². The summed E-state index contributed by atoms with van der Waals surface area (Å²) in [5.41, 5.74) is 1.56. The van der Waals surface area contributed by atoms with Crippen LogP contribution in [-0.2, 0) is 18.4 Å². The van der Waals surface area contributed by atoms with E-state index in [0.717, 1.165) is 19.6 Å². The third kappa shape index (κ3) is 2.22. The number of rotatable bonds is 4. The fourth-order valence-corrected chi connectivity index (χ4v) is 4.45. The molecule has 2 N–H and O–H groups in total. The first kappa shape index (κ1) is 12.6. The number of nitrogens with zero attached hydrogens (tertiary/aromatic N) is 1. The van der Waals surface area contributed by atoms with Gasteiger partial charge in [0.05, 0.1) is 11.2 Å². The summed E-state index contributed by atoms with van der Waals surface area (Å²) < 4.78 is 0. The van der Waals surface area contributed by atoms with Crippen LogP contribution in [0, 0.1) is 0 Å². The van der Waals surface area contributed by atoms with Crippen LogP contribution < -0.4 is 10.6 Å². The highest BCUT2D eigenvalue weighted by atomic mass is 32.1. The van der Waals surface area contributed by atoms with Crippen molar-refractivity contribution in [2.24, 2.45) is 0 Å². The molecule has 3 rings (SSSR count). The molecule has 100 valence electrons. The summed E-state index contributed by atoms with van der Waals surface area (Å²) in [5, 5.41) is 8.63. The van der Waals surface area contributed by atoms with Crippen molar-refractivity contribution in [3.05, 3.63) is 15.6 Å². The molecule has 0 atom stereocenters. The zero-order valence-electron chi connectivity index (χ0n) is 11.2. The predicted molar refractivity (Wildman–Crippen MR) is 76.2 cm³/mol. The van der Waals surface area contributed by atoms with Crippen LogP contribution in [0.25, 0.3) is 0 Å². The highest BCUT2D eigenvalue weighted by molar-refractivity contribution is 7.12. The van der Waals surface area contributed by atoms with E-state index in [1.807, 2.05) is 11.3 Å². The fraction of sp³-hybridized carbons (Fsp3) is 0.786. The average Bonchev–Trinajstić information content (AvgIpc) is 2.98. The SMILES string of the molecule is CCCNC1(c2nc3c(s2)CCC3)CCNCC1. The van der Waals surface area contributed by atoms with Crippen molar-refractivity contribution in [3.63, 3.8) is 0 Å². The number of hydrogen-bond acceptors (Lipinski definition) is 4. The van der Waals surface area contributed by atoms with Crippen molar-refractivity contribution in [2.45, 2.75) is 51.0 Å². The van der Waals surface area contributed by atoms with Crippen LogP contribution in [0.5, 0.6) is 0 Å². The van der Waals surface area contributed by atoms with Crippen molar-refractivity contribution in [2.75, 3.05) is 19.6 Å². The summed E-state index contributed by atoms with van der Waals surface area (Å²) in [7, 11) is 0. The van der Waals surface area contributed by atoms with Crippen LogP contribution in [0.4, 0.5) is 0 Å². The van der Waals surface area contributed by atoms with Gasteiger partial charge in [0.15, 0.2) is 0 Å². The van der Waals surface area contributed by atoms with Gasteiger partial charge in [0, 0.05) is 4.88 Å². The number of aryl methyl sites for hydroxylation is 2. The van der Waals surface area contributed by atoms with Gasteiger partial charge in [-0.2, -0.15) is 0 Å². The normalized spacial score (nSPS) is 22.1. The number of fused-ring (bicyclic) bond motifs is 1. The minimum Gasteiger partial charge on any atom is -0.317 e. The second-order valence-corrected chi connectivity index (χ2v) is 6.58. The third-order valence-corrected chi connectivity index (χ3v) is 5.54. The van der Waals surface area contributed by atoms with Crippen LogP contribution in [0.1, 0.15) is 48.2 Å². The van der Waals surface area contributed by atoms with E-state index < -0.39 is 0 Å². The maximum Gasteiger partial charge on any atom is 0.113 e. The Bertz CT molecular complexity index is 386. The second-order valence-electron chi connectivity index (χ2n) is 5.50. The molecule has 1 saturated heterocycles. The molecule has 0 bridgehead atoms. The molecule has 2 aliphatic rings. The van der Waals surface area contributed by atoms with Gasteiger partial charge in [-0.1, -0.05) is 6.92 Å². The lowest BCUT2D eigenvalue weighted by Gasteiger charge is -2.37. The quantitative estimate of drug-likeness (QED) is 0.876. The second kappa shape index (κ2) is 5.27. The van der Waals surface area contributed by atoms with E-state index in [9.17, 15) is 0 Å². The van der Waals surface area contributed by atoms with Gasteiger partial charge in [0.25, 0.3) is 0 Å². The third-order valence-electron chi connectivity index (χ3n) is 4.18.